The SMILES string of the molecule is O=C1COCc2cc([B-](F)(F)F)cnc2N1.[K+]. The van der Waals surface area contributed by atoms with Crippen LogP contribution < -0.4 is 62.2 Å². The van der Waals surface area contributed by atoms with Crippen LogP contribution >= 0.6 is 0 Å². The number of rotatable bonds is 1. The zero-order valence-corrected chi connectivity index (χ0v) is 12.2. The summed E-state index contributed by atoms with van der Waals surface area (Å²) in [5.41, 5.74) is -0.555. The van der Waals surface area contributed by atoms with Gasteiger partial charge in [0.25, 0.3) is 5.91 Å². The Labute approximate surface area is 138 Å². The summed E-state index contributed by atoms with van der Waals surface area (Å²) in [5.74, 6) is -0.289. The van der Waals surface area contributed by atoms with Crippen LogP contribution in [0.3, 0.4) is 0 Å². The van der Waals surface area contributed by atoms with Gasteiger partial charge in [-0.25, -0.2) is 4.98 Å². The average molecular weight is 270 g/mol. The fourth-order valence-electron chi connectivity index (χ4n) is 1.35. The summed E-state index contributed by atoms with van der Waals surface area (Å²) >= 11 is 0. The molecule has 9 heteroatoms. The van der Waals surface area contributed by atoms with E-state index in [4.69, 9.17) is 4.74 Å². The quantitative estimate of drug-likeness (QED) is 0.579. The first-order chi connectivity index (χ1) is 7.47. The monoisotopic (exact) mass is 270 g/mol. The molecule has 0 saturated heterocycles. The van der Waals surface area contributed by atoms with E-state index in [0.29, 0.717) is 6.20 Å². The third-order valence-electron chi connectivity index (χ3n) is 2.11. The number of nitrogens with one attached hydrogen (secondary N) is 1. The first-order valence-corrected chi connectivity index (χ1v) is 4.53. The largest absolute Gasteiger partial charge is 1.00 e. The van der Waals surface area contributed by atoms with Crippen LogP contribution in [-0.4, -0.2) is 24.5 Å². The molecule has 0 aromatic carbocycles. The molecule has 4 nitrogen and oxygen atoms in total. The van der Waals surface area contributed by atoms with Gasteiger partial charge in [-0.1, -0.05) is 11.5 Å². The van der Waals surface area contributed by atoms with Gasteiger partial charge >= 0.3 is 58.4 Å². The molecule has 1 amide bonds. The number of carbonyl (C=O) groups is 1. The maximum absolute atomic E-state index is 12.4. The van der Waals surface area contributed by atoms with E-state index in [1.54, 1.807) is 0 Å². The van der Waals surface area contributed by atoms with Crippen LogP contribution in [0.25, 0.3) is 0 Å². The third kappa shape index (κ3) is 3.77. The summed E-state index contributed by atoms with van der Waals surface area (Å²) < 4.78 is 42.2. The molecule has 17 heavy (non-hydrogen) atoms. The third-order valence-corrected chi connectivity index (χ3v) is 2.11. The van der Waals surface area contributed by atoms with Gasteiger partial charge < -0.3 is 23.0 Å². The van der Waals surface area contributed by atoms with Gasteiger partial charge in [0, 0.05) is 11.8 Å². The molecular formula is C8H7BF3KN2O2. The van der Waals surface area contributed by atoms with E-state index in [-0.39, 0.29) is 76.0 Å². The number of nitrogens with zero attached hydrogens (tertiary/aromatic N) is 1. The summed E-state index contributed by atoms with van der Waals surface area (Å²) in [5, 5.41) is 2.37. The van der Waals surface area contributed by atoms with Crippen LogP contribution in [0.1, 0.15) is 5.56 Å². The second kappa shape index (κ2) is 5.81. The Hall–Kier alpha value is 0.0713. The van der Waals surface area contributed by atoms with Gasteiger partial charge in [0.2, 0.25) is 0 Å². The first-order valence-electron chi connectivity index (χ1n) is 4.53. The van der Waals surface area contributed by atoms with Gasteiger partial charge in [-0.2, -0.15) is 0 Å². The maximum Gasteiger partial charge on any atom is 1.00 e. The van der Waals surface area contributed by atoms with E-state index >= 15 is 0 Å². The van der Waals surface area contributed by atoms with Crippen molar-refractivity contribution in [3.05, 3.63) is 17.8 Å². The summed E-state index contributed by atoms with van der Waals surface area (Å²) in [4.78, 5) is 14.6. The molecule has 2 rings (SSSR count). The topological polar surface area (TPSA) is 51.2 Å². The summed E-state index contributed by atoms with van der Waals surface area (Å²) in [7, 11) is 0. The van der Waals surface area contributed by atoms with Crippen molar-refractivity contribution in [1.82, 2.24) is 4.98 Å². The van der Waals surface area contributed by atoms with E-state index in [0.717, 1.165) is 6.07 Å². The number of hydrogen-bond acceptors (Lipinski definition) is 3. The molecule has 1 aromatic rings. The number of amides is 1. The van der Waals surface area contributed by atoms with Crippen molar-refractivity contribution in [3.63, 3.8) is 0 Å². The molecule has 1 aliphatic heterocycles. The molecule has 0 aliphatic carbocycles. The molecule has 1 aromatic heterocycles. The van der Waals surface area contributed by atoms with Crippen LogP contribution in [0.2, 0.25) is 0 Å². The standard InChI is InChI=1S/C8H7BF3N2O2.K/c10-9(11,12)6-1-5-3-16-4-7(15)14-8(5)13-2-6;/h1-2H,3-4H2,(H,13,14,15);/q-1;+1. The Morgan fingerprint density at radius 3 is 2.71 bits per heavy atom. The van der Waals surface area contributed by atoms with Gasteiger partial charge in [0.05, 0.1) is 6.61 Å². The molecule has 86 valence electrons. The van der Waals surface area contributed by atoms with Gasteiger partial charge in [-0.15, -0.1) is 0 Å². The molecule has 0 saturated carbocycles. The Balaban J connectivity index is 0.00000144. The maximum atomic E-state index is 12.4. The summed E-state index contributed by atoms with van der Waals surface area (Å²) in [6.07, 6.45) is 0.713. The van der Waals surface area contributed by atoms with Gasteiger partial charge in [0.15, 0.2) is 0 Å². The minimum atomic E-state index is -5.08. The molecule has 0 spiro atoms. The van der Waals surface area contributed by atoms with Crippen LogP contribution in [0.5, 0.6) is 0 Å². The zero-order valence-electron chi connectivity index (χ0n) is 9.04. The summed E-state index contributed by atoms with van der Waals surface area (Å²) in [6, 6.07) is 0.952. The molecule has 0 atom stereocenters. The van der Waals surface area contributed by atoms with E-state index in [1.165, 1.54) is 0 Å². The predicted octanol–water partition coefficient (Wildman–Crippen LogP) is -2.39. The normalized spacial score (nSPS) is 15.4. The second-order valence-corrected chi connectivity index (χ2v) is 3.39. The fraction of sp³-hybridized carbons (Fsp3) is 0.250. The molecule has 0 radical (unpaired) electrons. The van der Waals surface area contributed by atoms with Crippen molar-refractivity contribution >= 4 is 24.2 Å². The molecule has 0 fully saturated rings. The van der Waals surface area contributed by atoms with E-state index in [9.17, 15) is 17.7 Å². The van der Waals surface area contributed by atoms with Crippen molar-refractivity contribution < 1.29 is 73.9 Å². The van der Waals surface area contributed by atoms with E-state index in [2.05, 4.69) is 10.3 Å². The van der Waals surface area contributed by atoms with Crippen LogP contribution in [-0.2, 0) is 16.1 Å². The van der Waals surface area contributed by atoms with Gasteiger partial charge in [-0.3, -0.25) is 4.79 Å². The second-order valence-electron chi connectivity index (χ2n) is 3.39. The van der Waals surface area contributed by atoms with Crippen molar-refractivity contribution in [1.29, 1.82) is 0 Å². The van der Waals surface area contributed by atoms with Gasteiger partial charge in [-0.05, 0) is 0 Å². The van der Waals surface area contributed by atoms with Crippen molar-refractivity contribution in [2.75, 3.05) is 11.9 Å². The first kappa shape index (κ1) is 15.1. The molecule has 0 unspecified atom stereocenters. The predicted molar refractivity (Wildman–Crippen MR) is 51.2 cm³/mol. The minimum absolute atomic E-state index is 0. The van der Waals surface area contributed by atoms with Crippen molar-refractivity contribution in [3.8, 4) is 0 Å². The fourth-order valence-corrected chi connectivity index (χ4v) is 1.35. The van der Waals surface area contributed by atoms with Crippen LogP contribution in [0, 0.1) is 0 Å². The Morgan fingerprint density at radius 1 is 1.35 bits per heavy atom. The number of pyridine rings is 1. The number of aromatic nitrogens is 1. The number of carbonyl (C=O) groups excluding carboxylic acids is 1. The van der Waals surface area contributed by atoms with E-state index < -0.39 is 18.3 Å². The molecule has 2 heterocycles. The molecular weight excluding hydrogens is 263 g/mol. The van der Waals surface area contributed by atoms with Gasteiger partial charge in [0.1, 0.15) is 12.4 Å². The van der Waals surface area contributed by atoms with Crippen LogP contribution in [0.15, 0.2) is 12.3 Å². The molecule has 0 bridgehead atoms. The number of halogens is 3. The average Bonchev–Trinajstić information content (AvgIpc) is 2.35. The number of ether oxygens (including phenoxy) is 1. The van der Waals surface area contributed by atoms with E-state index in [1.807, 2.05) is 0 Å². The Morgan fingerprint density at radius 2 is 2.06 bits per heavy atom. The number of anilines is 1. The Kier molecular flexibility index (Phi) is 5.17. The smallest absolute Gasteiger partial charge is 0.445 e. The zero-order chi connectivity index (χ0) is 11.8. The molecule has 1 aliphatic rings. The Bertz CT molecular complexity index is 441. The summed E-state index contributed by atoms with van der Waals surface area (Å²) in [6.45, 7) is -5.31. The molecule has 1 N–H and O–H groups in total. The number of fused-ring (bicyclic) bond motifs is 1. The van der Waals surface area contributed by atoms with Crippen LogP contribution in [0.4, 0.5) is 18.8 Å². The minimum Gasteiger partial charge on any atom is -0.445 e. The van der Waals surface area contributed by atoms with Crippen molar-refractivity contribution in [2.24, 2.45) is 0 Å². The number of hydrogen-bond donors (Lipinski definition) is 1. The van der Waals surface area contributed by atoms with Crippen molar-refractivity contribution in [2.45, 2.75) is 6.61 Å².